The van der Waals surface area contributed by atoms with Crippen LogP contribution in [0.25, 0.3) is 11.2 Å². The Balaban J connectivity index is 2.26. The third-order valence-electron chi connectivity index (χ3n) is 2.03. The van der Waals surface area contributed by atoms with Gasteiger partial charge in [-0.1, -0.05) is 0 Å². The van der Waals surface area contributed by atoms with Crippen LogP contribution in [0.2, 0.25) is 0 Å². The number of aromatic nitrogens is 4. The Labute approximate surface area is 102 Å². The number of nitrogens with zero attached hydrogens (tertiary/aromatic N) is 3. The summed E-state index contributed by atoms with van der Waals surface area (Å²) in [5.41, 5.74) is 5.23. The van der Waals surface area contributed by atoms with Gasteiger partial charge in [-0.15, -0.1) is 0 Å². The number of anilines is 1. The summed E-state index contributed by atoms with van der Waals surface area (Å²) in [6.07, 6.45) is -0.442. The van der Waals surface area contributed by atoms with E-state index >= 15 is 0 Å². The summed E-state index contributed by atoms with van der Waals surface area (Å²) in [7, 11) is 0. The van der Waals surface area contributed by atoms with Gasteiger partial charge in [0.2, 0.25) is 0 Å². The van der Waals surface area contributed by atoms with Crippen molar-refractivity contribution in [2.45, 2.75) is 19.7 Å². The van der Waals surface area contributed by atoms with Crippen molar-refractivity contribution in [2.75, 3.05) is 12.3 Å². The Morgan fingerprint density at radius 2 is 2.71 bits per heavy atom. The molecule has 0 aromatic carbocycles. The molecule has 0 aliphatic carbocycles. The summed E-state index contributed by atoms with van der Waals surface area (Å²) in [4.78, 5) is 21.1. The van der Waals surface area contributed by atoms with Gasteiger partial charge in [-0.25, -0.2) is 9.78 Å². The molecule has 0 saturated heterocycles. The number of fused-ring (bicyclic) bond motifs is 1. The fraction of sp³-hybridized carbons (Fsp3) is 0.444. The summed E-state index contributed by atoms with van der Waals surface area (Å²) in [5.74, 6) is 0.0247. The second-order valence-corrected chi connectivity index (χ2v) is 3.19. The van der Waals surface area contributed by atoms with Crippen molar-refractivity contribution in [2.24, 2.45) is 0 Å². The van der Waals surface area contributed by atoms with Gasteiger partial charge in [0.1, 0.15) is 18.1 Å². The van der Waals surface area contributed by atoms with Crippen molar-refractivity contribution >= 4 is 17.0 Å². The van der Waals surface area contributed by atoms with Crippen LogP contribution in [0, 0.1) is 0 Å². The Morgan fingerprint density at radius 1 is 1.88 bits per heavy atom. The van der Waals surface area contributed by atoms with E-state index in [0.29, 0.717) is 0 Å². The highest BCUT2D eigenvalue weighted by Gasteiger charge is 2.09. The minimum absolute atomic E-state index is 0.0247. The van der Waals surface area contributed by atoms with E-state index in [1.807, 2.05) is 0 Å². The van der Waals surface area contributed by atoms with E-state index in [0.717, 1.165) is 0 Å². The average Bonchev–Trinajstić information content (AvgIpc) is 2.70. The van der Waals surface area contributed by atoms with E-state index in [2.05, 4.69) is 15.0 Å². The van der Waals surface area contributed by atoms with Crippen LogP contribution in [0.5, 0.6) is 0 Å². The number of hydrogen-bond donors (Lipinski definition) is 3. The normalized spacial score (nSPS) is 17.5. The lowest BCUT2D eigenvalue weighted by Crippen LogP contribution is -2.17. The van der Waals surface area contributed by atoms with Crippen LogP contribution in [-0.2, 0) is 11.5 Å². The summed E-state index contributed by atoms with van der Waals surface area (Å²) in [6.45, 7) is -4.96. The van der Waals surface area contributed by atoms with Gasteiger partial charge in [-0.05, 0) is 6.88 Å². The first-order valence-corrected chi connectivity index (χ1v) is 4.59. The third-order valence-corrected chi connectivity index (χ3v) is 2.03. The zero-order valence-corrected chi connectivity index (χ0v) is 8.62. The molecule has 92 valence electrons. The van der Waals surface area contributed by atoms with Crippen LogP contribution in [-0.4, -0.2) is 37.3 Å². The molecule has 1 unspecified atom stereocenters. The Bertz CT molecular complexity index is 695. The largest absolute Gasteiger partial charge is 0.394 e. The summed E-state index contributed by atoms with van der Waals surface area (Å²) in [5, 5.41) is 9.23. The summed E-state index contributed by atoms with van der Waals surface area (Å²) in [6, 6.07) is 0. The lowest BCUT2D eigenvalue weighted by atomic mass is 10.4. The van der Waals surface area contributed by atoms with Crippen LogP contribution in [0.15, 0.2) is 11.1 Å². The molecule has 1 atom stereocenters. The number of aromatic amines is 1. The molecule has 2 aromatic heterocycles. The zero-order valence-electron chi connectivity index (χ0n) is 12.6. The molecule has 2 heterocycles. The summed E-state index contributed by atoms with van der Waals surface area (Å²) < 4.78 is 34.9. The smallest absolute Gasteiger partial charge is 0.348 e. The number of rotatable bonds is 4. The number of hydrogen-bond acceptors (Lipinski definition) is 6. The molecule has 2 aromatic rings. The van der Waals surface area contributed by atoms with Gasteiger partial charge >= 0.3 is 5.69 Å². The predicted octanol–water partition coefficient (Wildman–Crippen LogP) is -0.943. The molecule has 8 heteroatoms. The first-order valence-electron chi connectivity index (χ1n) is 6.74. The van der Waals surface area contributed by atoms with Crippen molar-refractivity contribution in [1.29, 1.82) is 0 Å². The van der Waals surface area contributed by atoms with Crippen molar-refractivity contribution in [1.82, 2.24) is 19.5 Å². The lowest BCUT2D eigenvalue weighted by Gasteiger charge is -2.10. The minimum Gasteiger partial charge on any atom is -0.394 e. The van der Waals surface area contributed by atoms with Crippen LogP contribution >= 0.6 is 0 Å². The number of H-pyrrole nitrogens is 1. The molecule has 4 N–H and O–H groups in total. The van der Waals surface area contributed by atoms with Crippen molar-refractivity contribution in [3.63, 3.8) is 0 Å². The maximum Gasteiger partial charge on any atom is 0.348 e. The SMILES string of the molecule is [2H]C([2H])C(OCn1cnc2c(N)[nH]c(=O)nc21)C([2H])([2H])O. The van der Waals surface area contributed by atoms with Crippen LogP contribution in [0.3, 0.4) is 0 Å². The fourth-order valence-corrected chi connectivity index (χ4v) is 1.27. The molecule has 0 fully saturated rings. The van der Waals surface area contributed by atoms with E-state index < -0.39 is 25.2 Å². The number of imidazole rings is 1. The molecular formula is C9H13N5O3. The number of nitrogens with one attached hydrogen (secondary N) is 1. The van der Waals surface area contributed by atoms with Crippen molar-refractivity contribution in [3.05, 3.63) is 16.8 Å². The van der Waals surface area contributed by atoms with Gasteiger partial charge in [-0.3, -0.25) is 9.55 Å². The first-order chi connectivity index (χ1) is 9.70. The molecule has 0 radical (unpaired) electrons. The monoisotopic (exact) mass is 243 g/mol. The summed E-state index contributed by atoms with van der Waals surface area (Å²) >= 11 is 0. The highest BCUT2D eigenvalue weighted by atomic mass is 16.5. The second kappa shape index (κ2) is 4.52. The maximum absolute atomic E-state index is 11.3. The van der Waals surface area contributed by atoms with Crippen LogP contribution in [0.4, 0.5) is 5.82 Å². The van der Waals surface area contributed by atoms with E-state index in [-0.39, 0.29) is 23.7 Å². The molecule has 0 spiro atoms. The third kappa shape index (κ3) is 2.27. The number of nitrogen functional groups attached to an aromatic ring is 1. The van der Waals surface area contributed by atoms with Gasteiger partial charge in [0.05, 0.1) is 21.7 Å². The molecule has 2 rings (SSSR count). The molecule has 0 bridgehead atoms. The number of aliphatic hydroxyl groups is 1. The Morgan fingerprint density at radius 3 is 3.41 bits per heavy atom. The second-order valence-electron chi connectivity index (χ2n) is 3.19. The molecule has 0 saturated carbocycles. The molecular weight excluding hydrogens is 226 g/mol. The van der Waals surface area contributed by atoms with Gasteiger partial charge in [-0.2, -0.15) is 4.98 Å². The minimum atomic E-state index is -2.85. The van der Waals surface area contributed by atoms with Crippen LogP contribution in [0.1, 0.15) is 12.4 Å². The first kappa shape index (κ1) is 7.41. The maximum atomic E-state index is 11.3. The number of ether oxygens (including phenoxy) is 1. The van der Waals surface area contributed by atoms with E-state index in [1.54, 1.807) is 0 Å². The Hall–Kier alpha value is -1.93. The predicted molar refractivity (Wildman–Crippen MR) is 60.2 cm³/mol. The topological polar surface area (TPSA) is 119 Å². The highest BCUT2D eigenvalue weighted by Crippen LogP contribution is 2.12. The average molecular weight is 243 g/mol. The van der Waals surface area contributed by atoms with E-state index in [1.165, 1.54) is 10.9 Å². The van der Waals surface area contributed by atoms with Gasteiger partial charge in [0, 0.05) is 2.74 Å². The molecule has 8 nitrogen and oxygen atoms in total. The Kier molecular flexibility index (Phi) is 1.97. The standard InChI is InChI=1S/C9H13N5O3/c1-5(2-15)17-4-14-3-11-6-7(10)12-9(16)13-8(6)14/h3,5,15H,2,4H2,1H3,(H3,10,12,13,16)/i1D2,2D2. The quantitative estimate of drug-likeness (QED) is 0.637. The van der Waals surface area contributed by atoms with Crippen molar-refractivity contribution in [3.8, 4) is 0 Å². The lowest BCUT2D eigenvalue weighted by molar-refractivity contribution is -0.0115. The molecule has 0 aliphatic heterocycles. The molecule has 0 amide bonds. The van der Waals surface area contributed by atoms with Gasteiger partial charge < -0.3 is 15.6 Å². The number of nitrogens with two attached hydrogens (primary N) is 1. The molecule has 0 aliphatic rings. The van der Waals surface area contributed by atoms with E-state index in [9.17, 15) is 9.90 Å². The van der Waals surface area contributed by atoms with E-state index in [4.69, 9.17) is 16.0 Å². The molecule has 17 heavy (non-hydrogen) atoms. The highest BCUT2D eigenvalue weighted by molar-refractivity contribution is 5.80. The zero-order chi connectivity index (χ0) is 15.8. The van der Waals surface area contributed by atoms with Gasteiger partial charge in [0.25, 0.3) is 0 Å². The van der Waals surface area contributed by atoms with Gasteiger partial charge in [0.15, 0.2) is 5.65 Å². The van der Waals surface area contributed by atoms with Crippen molar-refractivity contribution < 1.29 is 15.3 Å². The van der Waals surface area contributed by atoms with Crippen LogP contribution < -0.4 is 11.4 Å². The fourth-order valence-electron chi connectivity index (χ4n) is 1.27.